The van der Waals surface area contributed by atoms with Crippen molar-refractivity contribution in [1.29, 1.82) is 0 Å². The van der Waals surface area contributed by atoms with Crippen LogP contribution in [-0.2, 0) is 4.79 Å². The third kappa shape index (κ3) is 4.02. The fraction of sp³-hybridized carbons (Fsp3) is 0.250. The molecule has 134 valence electrons. The van der Waals surface area contributed by atoms with Gasteiger partial charge in [-0.2, -0.15) is 0 Å². The summed E-state index contributed by atoms with van der Waals surface area (Å²) < 4.78 is 2.69. The van der Waals surface area contributed by atoms with Gasteiger partial charge >= 0.3 is 5.97 Å². The summed E-state index contributed by atoms with van der Waals surface area (Å²) >= 11 is 3.44. The zero-order valence-corrected chi connectivity index (χ0v) is 16.1. The van der Waals surface area contributed by atoms with Gasteiger partial charge in [-0.25, -0.2) is 9.67 Å². The standard InChI is InChI=1S/C20H20BrN3O2/c1-2-3-9-17(20(25)26)18-22-19(14-10-12-15(21)13-11-14)24(23-18)16-7-5-4-6-8-16/h4-8,10-13,17H,2-3,9H2,1H3,(H,25,26)/t17-/m1/s1. The molecule has 0 aliphatic carbocycles. The Morgan fingerprint density at radius 1 is 1.15 bits per heavy atom. The molecule has 0 saturated carbocycles. The van der Waals surface area contributed by atoms with E-state index in [0.717, 1.165) is 28.6 Å². The molecule has 0 bridgehead atoms. The van der Waals surface area contributed by atoms with Crippen LogP contribution in [0, 0.1) is 0 Å². The van der Waals surface area contributed by atoms with Gasteiger partial charge in [0.25, 0.3) is 0 Å². The summed E-state index contributed by atoms with van der Waals surface area (Å²) in [4.78, 5) is 16.4. The molecule has 0 aliphatic heterocycles. The van der Waals surface area contributed by atoms with Crippen molar-refractivity contribution in [2.24, 2.45) is 0 Å². The molecule has 5 nitrogen and oxygen atoms in total. The number of unbranched alkanes of at least 4 members (excludes halogenated alkanes) is 1. The minimum atomic E-state index is -0.883. The highest BCUT2D eigenvalue weighted by Gasteiger charge is 2.26. The van der Waals surface area contributed by atoms with Crippen LogP contribution in [0.3, 0.4) is 0 Å². The molecule has 1 aromatic heterocycles. The number of hydrogen-bond acceptors (Lipinski definition) is 3. The van der Waals surface area contributed by atoms with E-state index in [1.165, 1.54) is 0 Å². The molecule has 1 atom stereocenters. The number of carboxylic acid groups (broad SMARTS) is 1. The van der Waals surface area contributed by atoms with E-state index in [1.54, 1.807) is 4.68 Å². The first-order chi connectivity index (χ1) is 12.6. The fourth-order valence-corrected chi connectivity index (χ4v) is 3.05. The van der Waals surface area contributed by atoms with Gasteiger partial charge in [-0.05, 0) is 30.7 Å². The van der Waals surface area contributed by atoms with Crippen LogP contribution in [0.2, 0.25) is 0 Å². The number of halogens is 1. The summed E-state index contributed by atoms with van der Waals surface area (Å²) in [5.74, 6) is -0.589. The monoisotopic (exact) mass is 413 g/mol. The van der Waals surface area contributed by atoms with E-state index >= 15 is 0 Å². The van der Waals surface area contributed by atoms with Crippen LogP contribution in [-0.4, -0.2) is 25.8 Å². The van der Waals surface area contributed by atoms with Crippen LogP contribution in [0.1, 0.15) is 37.9 Å². The third-order valence-electron chi connectivity index (χ3n) is 4.18. The van der Waals surface area contributed by atoms with Gasteiger partial charge in [0, 0.05) is 10.0 Å². The van der Waals surface area contributed by atoms with Crippen molar-refractivity contribution in [3.8, 4) is 17.1 Å². The maximum absolute atomic E-state index is 11.7. The number of nitrogens with zero attached hydrogens (tertiary/aromatic N) is 3. The largest absolute Gasteiger partial charge is 0.481 e. The number of carboxylic acids is 1. The molecule has 2 aromatic carbocycles. The minimum absolute atomic E-state index is 0.354. The summed E-state index contributed by atoms with van der Waals surface area (Å²) in [5.41, 5.74) is 1.74. The summed E-state index contributed by atoms with van der Waals surface area (Å²) in [6.45, 7) is 2.04. The predicted molar refractivity (Wildman–Crippen MR) is 104 cm³/mol. The Morgan fingerprint density at radius 2 is 1.85 bits per heavy atom. The van der Waals surface area contributed by atoms with Crippen LogP contribution < -0.4 is 0 Å². The quantitative estimate of drug-likeness (QED) is 0.587. The van der Waals surface area contributed by atoms with Crippen LogP contribution in [0.15, 0.2) is 59.1 Å². The molecule has 0 unspecified atom stereocenters. The minimum Gasteiger partial charge on any atom is -0.481 e. The first kappa shape index (κ1) is 18.3. The van der Waals surface area contributed by atoms with Gasteiger partial charge < -0.3 is 5.11 Å². The molecule has 0 radical (unpaired) electrons. The van der Waals surface area contributed by atoms with Gasteiger partial charge in [0.15, 0.2) is 11.6 Å². The molecule has 26 heavy (non-hydrogen) atoms. The van der Waals surface area contributed by atoms with E-state index < -0.39 is 11.9 Å². The Hall–Kier alpha value is -2.47. The smallest absolute Gasteiger partial charge is 0.314 e. The van der Waals surface area contributed by atoms with Crippen molar-refractivity contribution in [1.82, 2.24) is 14.8 Å². The Morgan fingerprint density at radius 3 is 2.46 bits per heavy atom. The second-order valence-electron chi connectivity index (χ2n) is 6.08. The normalized spacial score (nSPS) is 12.1. The lowest BCUT2D eigenvalue weighted by Gasteiger charge is -2.07. The highest BCUT2D eigenvalue weighted by atomic mass is 79.9. The predicted octanol–water partition coefficient (Wildman–Crippen LogP) is 5.06. The van der Waals surface area contributed by atoms with E-state index in [0.29, 0.717) is 18.1 Å². The molecule has 0 fully saturated rings. The van der Waals surface area contributed by atoms with Gasteiger partial charge in [0.05, 0.1) is 5.69 Å². The van der Waals surface area contributed by atoms with Crippen molar-refractivity contribution in [2.75, 3.05) is 0 Å². The lowest BCUT2D eigenvalue weighted by atomic mass is 10.0. The van der Waals surface area contributed by atoms with Gasteiger partial charge in [-0.1, -0.05) is 66.0 Å². The lowest BCUT2D eigenvalue weighted by molar-refractivity contribution is -0.139. The molecular formula is C20H20BrN3O2. The van der Waals surface area contributed by atoms with Gasteiger partial charge in [-0.3, -0.25) is 4.79 Å². The van der Waals surface area contributed by atoms with Crippen LogP contribution >= 0.6 is 15.9 Å². The average Bonchev–Trinajstić information content (AvgIpc) is 3.08. The average molecular weight is 414 g/mol. The first-order valence-corrected chi connectivity index (χ1v) is 9.40. The van der Waals surface area contributed by atoms with E-state index in [4.69, 9.17) is 0 Å². The Balaban J connectivity index is 2.10. The Bertz CT molecular complexity index is 876. The molecule has 6 heteroatoms. The van der Waals surface area contributed by atoms with Crippen molar-refractivity contribution in [2.45, 2.75) is 32.1 Å². The van der Waals surface area contributed by atoms with E-state index in [2.05, 4.69) is 26.0 Å². The van der Waals surface area contributed by atoms with Crippen molar-refractivity contribution >= 4 is 21.9 Å². The summed E-state index contributed by atoms with van der Waals surface area (Å²) in [6.07, 6.45) is 2.29. The number of hydrogen-bond donors (Lipinski definition) is 1. The number of rotatable bonds is 7. The number of para-hydroxylation sites is 1. The van der Waals surface area contributed by atoms with Gasteiger partial charge in [-0.15, -0.1) is 5.10 Å². The SMILES string of the molecule is CCCC[C@@H](C(=O)O)c1nc(-c2ccc(Br)cc2)n(-c2ccccc2)n1. The highest BCUT2D eigenvalue weighted by molar-refractivity contribution is 9.10. The summed E-state index contributed by atoms with van der Waals surface area (Å²) in [5, 5.41) is 14.2. The third-order valence-corrected chi connectivity index (χ3v) is 4.71. The molecule has 0 aliphatic rings. The van der Waals surface area contributed by atoms with Gasteiger partial charge in [0.1, 0.15) is 5.92 Å². The summed E-state index contributed by atoms with van der Waals surface area (Å²) in [7, 11) is 0. The maximum atomic E-state index is 11.7. The number of aliphatic carboxylic acids is 1. The fourth-order valence-electron chi connectivity index (χ4n) is 2.78. The van der Waals surface area contributed by atoms with E-state index in [-0.39, 0.29) is 0 Å². The molecule has 0 amide bonds. The van der Waals surface area contributed by atoms with Crippen LogP contribution in [0.4, 0.5) is 0 Å². The van der Waals surface area contributed by atoms with Crippen molar-refractivity contribution in [3.05, 3.63) is 64.9 Å². The van der Waals surface area contributed by atoms with Crippen molar-refractivity contribution in [3.63, 3.8) is 0 Å². The summed E-state index contributed by atoms with van der Waals surface area (Å²) in [6, 6.07) is 17.4. The zero-order chi connectivity index (χ0) is 18.5. The second kappa shape index (κ2) is 8.27. The Labute approximate surface area is 160 Å². The second-order valence-corrected chi connectivity index (χ2v) is 7.00. The molecule has 3 aromatic rings. The topological polar surface area (TPSA) is 68.0 Å². The van der Waals surface area contributed by atoms with Crippen LogP contribution in [0.25, 0.3) is 17.1 Å². The van der Waals surface area contributed by atoms with Crippen molar-refractivity contribution < 1.29 is 9.90 Å². The molecule has 1 heterocycles. The molecule has 0 spiro atoms. The molecule has 1 N–H and O–H groups in total. The highest BCUT2D eigenvalue weighted by Crippen LogP contribution is 2.27. The first-order valence-electron chi connectivity index (χ1n) is 8.61. The number of aromatic nitrogens is 3. The number of benzene rings is 2. The van der Waals surface area contributed by atoms with Crippen LogP contribution in [0.5, 0.6) is 0 Å². The van der Waals surface area contributed by atoms with E-state index in [9.17, 15) is 9.90 Å². The lowest BCUT2D eigenvalue weighted by Crippen LogP contribution is -2.13. The van der Waals surface area contributed by atoms with Gasteiger partial charge in [0.2, 0.25) is 0 Å². The zero-order valence-electron chi connectivity index (χ0n) is 14.5. The molecule has 0 saturated heterocycles. The number of carbonyl (C=O) groups is 1. The molecule has 3 rings (SSSR count). The van der Waals surface area contributed by atoms with E-state index in [1.807, 2.05) is 61.5 Å². The maximum Gasteiger partial charge on any atom is 0.314 e. The Kier molecular flexibility index (Phi) is 5.83. The molecular weight excluding hydrogens is 394 g/mol.